The number of carbonyl (C=O) groups is 1. The van der Waals surface area contributed by atoms with Gasteiger partial charge >= 0.3 is 0 Å². The van der Waals surface area contributed by atoms with Crippen molar-refractivity contribution in [2.45, 2.75) is 59.8 Å². The summed E-state index contributed by atoms with van der Waals surface area (Å²) < 4.78 is 0. The average Bonchev–Trinajstić information content (AvgIpc) is 2.07. The Bertz CT molecular complexity index is 200. The van der Waals surface area contributed by atoms with Gasteiger partial charge in [0.15, 0.2) is 0 Å². The molecule has 0 aromatic rings. The smallest absolute Gasteiger partial charge is 0.135 e. The molecule has 1 fully saturated rings. The molecular formula is C13H24O. The van der Waals surface area contributed by atoms with Crippen LogP contribution in [0.1, 0.15) is 59.8 Å². The third-order valence-electron chi connectivity index (χ3n) is 3.63. The van der Waals surface area contributed by atoms with E-state index in [-0.39, 0.29) is 0 Å². The molecule has 0 saturated heterocycles. The van der Waals surface area contributed by atoms with E-state index in [1.807, 2.05) is 0 Å². The largest absolute Gasteiger partial charge is 0.299 e. The molecule has 0 aromatic heterocycles. The maximum absolute atomic E-state index is 11.7. The Hall–Kier alpha value is -0.330. The van der Waals surface area contributed by atoms with E-state index in [0.29, 0.717) is 17.1 Å². The second-order valence-electron chi connectivity index (χ2n) is 5.79. The van der Waals surface area contributed by atoms with Gasteiger partial charge in [-0.05, 0) is 30.6 Å². The van der Waals surface area contributed by atoms with Crippen molar-refractivity contribution >= 4 is 5.78 Å². The summed E-state index contributed by atoms with van der Waals surface area (Å²) in [6.07, 6.45) is 5.32. The van der Waals surface area contributed by atoms with Crippen LogP contribution in [0.5, 0.6) is 0 Å². The molecule has 1 rings (SSSR count). The van der Waals surface area contributed by atoms with Gasteiger partial charge in [-0.3, -0.25) is 4.79 Å². The average molecular weight is 196 g/mol. The van der Waals surface area contributed by atoms with Gasteiger partial charge in [0.25, 0.3) is 0 Å². The molecule has 0 bridgehead atoms. The minimum absolute atomic E-state index is 0.373. The molecule has 14 heavy (non-hydrogen) atoms. The molecule has 1 heteroatoms. The second-order valence-corrected chi connectivity index (χ2v) is 5.79. The van der Waals surface area contributed by atoms with Crippen molar-refractivity contribution in [1.29, 1.82) is 0 Å². The summed E-state index contributed by atoms with van der Waals surface area (Å²) in [5.41, 5.74) is 0.382. The highest BCUT2D eigenvalue weighted by molar-refractivity contribution is 5.81. The molecule has 0 radical (unpaired) electrons. The molecule has 0 aromatic carbocycles. The van der Waals surface area contributed by atoms with Gasteiger partial charge < -0.3 is 0 Å². The van der Waals surface area contributed by atoms with Gasteiger partial charge in [-0.25, -0.2) is 0 Å². The van der Waals surface area contributed by atoms with Gasteiger partial charge in [-0.2, -0.15) is 0 Å². The fourth-order valence-electron chi connectivity index (χ4n) is 2.53. The highest BCUT2D eigenvalue weighted by Crippen LogP contribution is 2.40. The van der Waals surface area contributed by atoms with Crippen LogP contribution in [0.15, 0.2) is 0 Å². The Morgan fingerprint density at radius 3 is 2.50 bits per heavy atom. The lowest BCUT2D eigenvalue weighted by Crippen LogP contribution is -2.31. The number of ketones is 1. The van der Waals surface area contributed by atoms with Crippen LogP contribution < -0.4 is 0 Å². The number of hydrogen-bond donors (Lipinski definition) is 0. The van der Waals surface area contributed by atoms with E-state index < -0.39 is 0 Å². The maximum Gasteiger partial charge on any atom is 0.135 e. The third-order valence-corrected chi connectivity index (χ3v) is 3.63. The number of rotatable bonds is 2. The Morgan fingerprint density at radius 1 is 1.36 bits per heavy atom. The van der Waals surface area contributed by atoms with E-state index in [2.05, 4.69) is 27.7 Å². The Labute approximate surface area is 88.3 Å². The third kappa shape index (κ3) is 2.83. The van der Waals surface area contributed by atoms with Crippen molar-refractivity contribution in [3.8, 4) is 0 Å². The lowest BCUT2D eigenvalue weighted by molar-refractivity contribution is -0.126. The van der Waals surface area contributed by atoms with Crippen molar-refractivity contribution in [2.75, 3.05) is 0 Å². The topological polar surface area (TPSA) is 17.1 Å². The first-order chi connectivity index (χ1) is 6.45. The van der Waals surface area contributed by atoms with E-state index in [0.717, 1.165) is 38.0 Å². The zero-order chi connectivity index (χ0) is 10.8. The summed E-state index contributed by atoms with van der Waals surface area (Å²) >= 11 is 0. The van der Waals surface area contributed by atoms with Crippen LogP contribution >= 0.6 is 0 Å². The molecule has 0 N–H and O–H groups in total. The van der Waals surface area contributed by atoms with E-state index in [1.165, 1.54) is 0 Å². The Kier molecular flexibility index (Phi) is 3.74. The maximum atomic E-state index is 11.7. The minimum atomic E-state index is 0.373. The molecule has 2 atom stereocenters. The summed E-state index contributed by atoms with van der Waals surface area (Å²) in [7, 11) is 0. The lowest BCUT2D eigenvalue weighted by atomic mass is 9.68. The van der Waals surface area contributed by atoms with Gasteiger partial charge in [-0.1, -0.05) is 34.1 Å². The van der Waals surface area contributed by atoms with Gasteiger partial charge in [0.2, 0.25) is 0 Å². The molecule has 0 aliphatic heterocycles. The van der Waals surface area contributed by atoms with E-state index in [9.17, 15) is 4.79 Å². The van der Waals surface area contributed by atoms with Crippen LogP contribution in [0.4, 0.5) is 0 Å². The van der Waals surface area contributed by atoms with Crippen LogP contribution in [0.3, 0.4) is 0 Å². The Morgan fingerprint density at radius 2 is 2.00 bits per heavy atom. The predicted octanol–water partition coefficient (Wildman–Crippen LogP) is 3.82. The molecule has 1 aliphatic rings. The first kappa shape index (κ1) is 11.7. The highest BCUT2D eigenvalue weighted by atomic mass is 16.1. The summed E-state index contributed by atoms with van der Waals surface area (Å²) in [6.45, 7) is 9.08. The van der Waals surface area contributed by atoms with Crippen LogP contribution in [0.25, 0.3) is 0 Å². The van der Waals surface area contributed by atoms with Crippen LogP contribution in [-0.4, -0.2) is 5.78 Å². The molecule has 1 aliphatic carbocycles. The quantitative estimate of drug-likeness (QED) is 0.656. The highest BCUT2D eigenvalue weighted by Gasteiger charge is 2.34. The van der Waals surface area contributed by atoms with Gasteiger partial charge in [0.1, 0.15) is 5.78 Å². The van der Waals surface area contributed by atoms with Gasteiger partial charge in [0, 0.05) is 12.3 Å². The normalized spacial score (nSPS) is 29.3. The molecule has 0 amide bonds. The zero-order valence-electron chi connectivity index (χ0n) is 10.1. The SMILES string of the molecule is CCCC1CC(C(C)(C)C)CCC1=O. The van der Waals surface area contributed by atoms with Crippen molar-refractivity contribution in [3.05, 3.63) is 0 Å². The first-order valence-electron chi connectivity index (χ1n) is 5.98. The van der Waals surface area contributed by atoms with Crippen molar-refractivity contribution < 1.29 is 4.79 Å². The predicted molar refractivity (Wildman–Crippen MR) is 60.2 cm³/mol. The second kappa shape index (κ2) is 4.46. The number of Topliss-reactive ketones (excluding diaryl/α,β-unsaturated/α-hetero) is 1. The summed E-state index contributed by atoms with van der Waals surface area (Å²) in [5.74, 6) is 1.64. The van der Waals surface area contributed by atoms with Gasteiger partial charge in [-0.15, -0.1) is 0 Å². The molecular weight excluding hydrogens is 172 g/mol. The molecule has 1 saturated carbocycles. The first-order valence-corrected chi connectivity index (χ1v) is 5.98. The Balaban J connectivity index is 2.57. The van der Waals surface area contributed by atoms with E-state index >= 15 is 0 Å². The van der Waals surface area contributed by atoms with Crippen molar-refractivity contribution in [2.24, 2.45) is 17.3 Å². The van der Waals surface area contributed by atoms with E-state index in [1.54, 1.807) is 0 Å². The molecule has 2 unspecified atom stereocenters. The molecule has 0 heterocycles. The number of hydrogen-bond acceptors (Lipinski definition) is 1. The molecule has 0 spiro atoms. The summed E-state index contributed by atoms with van der Waals surface area (Å²) in [5, 5.41) is 0. The van der Waals surface area contributed by atoms with Crippen LogP contribution in [0, 0.1) is 17.3 Å². The number of carbonyl (C=O) groups excluding carboxylic acids is 1. The molecule has 1 nitrogen and oxygen atoms in total. The fraction of sp³-hybridized carbons (Fsp3) is 0.923. The van der Waals surface area contributed by atoms with Crippen molar-refractivity contribution in [3.63, 3.8) is 0 Å². The standard InChI is InChI=1S/C13H24O/c1-5-6-10-9-11(13(2,3)4)7-8-12(10)14/h10-11H,5-9H2,1-4H3. The van der Waals surface area contributed by atoms with Gasteiger partial charge in [0.05, 0.1) is 0 Å². The lowest BCUT2D eigenvalue weighted by Gasteiger charge is -2.37. The van der Waals surface area contributed by atoms with E-state index in [4.69, 9.17) is 0 Å². The fourth-order valence-corrected chi connectivity index (χ4v) is 2.53. The summed E-state index contributed by atoms with van der Waals surface area (Å²) in [4.78, 5) is 11.7. The van der Waals surface area contributed by atoms with Crippen molar-refractivity contribution in [1.82, 2.24) is 0 Å². The summed E-state index contributed by atoms with van der Waals surface area (Å²) in [6, 6.07) is 0. The monoisotopic (exact) mass is 196 g/mol. The van der Waals surface area contributed by atoms with Crippen LogP contribution in [0.2, 0.25) is 0 Å². The minimum Gasteiger partial charge on any atom is -0.299 e. The van der Waals surface area contributed by atoms with Crippen LogP contribution in [-0.2, 0) is 4.79 Å². The molecule has 82 valence electrons. The zero-order valence-corrected chi connectivity index (χ0v) is 10.1.